The van der Waals surface area contributed by atoms with Gasteiger partial charge in [0.2, 0.25) is 0 Å². The van der Waals surface area contributed by atoms with Crippen LogP contribution in [-0.2, 0) is 9.53 Å². The molecule has 1 aliphatic heterocycles. The fourth-order valence-corrected chi connectivity index (χ4v) is 4.23. The molecule has 0 radical (unpaired) electrons. The molecule has 0 amide bonds. The van der Waals surface area contributed by atoms with Gasteiger partial charge >= 0.3 is 5.97 Å². The van der Waals surface area contributed by atoms with E-state index in [-0.39, 0.29) is 5.92 Å². The number of aromatic nitrogens is 2. The fourth-order valence-electron chi connectivity index (χ4n) is 3.98. The fraction of sp³-hybridized carbons (Fsp3) is 0.0769. The van der Waals surface area contributed by atoms with Crippen molar-refractivity contribution in [3.8, 4) is 16.9 Å². The minimum absolute atomic E-state index is 0.350. The van der Waals surface area contributed by atoms with Gasteiger partial charge in [-0.15, -0.1) is 0 Å². The molecule has 2 atom stereocenters. The average molecular weight is 461 g/mol. The maximum atomic E-state index is 12.5. The molecule has 4 nitrogen and oxygen atoms in total. The Kier molecular flexibility index (Phi) is 5.33. The summed E-state index contributed by atoms with van der Waals surface area (Å²) in [6.45, 7) is 3.99. The predicted octanol–water partition coefficient (Wildman–Crippen LogP) is 6.78. The van der Waals surface area contributed by atoms with Crippen LogP contribution in [0.2, 0.25) is 10.0 Å². The predicted molar refractivity (Wildman–Crippen MR) is 126 cm³/mol. The lowest BCUT2D eigenvalue weighted by atomic mass is 9.88. The van der Waals surface area contributed by atoms with Crippen molar-refractivity contribution >= 4 is 29.2 Å². The zero-order chi connectivity index (χ0) is 22.2. The maximum absolute atomic E-state index is 12.5. The normalized spacial score (nSPS) is 18.1. The SMILES string of the molecule is C=C1C(=O)OC(c2cc(-c3ccc(Cl)cc3)n(-c3ccccc3)n2)C1c1ccc(Cl)cc1. The Bertz CT molecular complexity index is 1300. The summed E-state index contributed by atoms with van der Waals surface area (Å²) in [6, 6.07) is 26.7. The summed E-state index contributed by atoms with van der Waals surface area (Å²) in [5.41, 5.74) is 4.66. The van der Waals surface area contributed by atoms with Gasteiger partial charge in [-0.3, -0.25) is 0 Å². The summed E-state index contributed by atoms with van der Waals surface area (Å²) >= 11 is 12.2. The monoisotopic (exact) mass is 460 g/mol. The van der Waals surface area contributed by atoms with Crippen molar-refractivity contribution in [1.82, 2.24) is 9.78 Å². The van der Waals surface area contributed by atoms with Crippen LogP contribution in [0.25, 0.3) is 16.9 Å². The van der Waals surface area contributed by atoms with E-state index in [1.165, 1.54) is 0 Å². The molecular weight excluding hydrogens is 443 g/mol. The lowest BCUT2D eigenvalue weighted by Crippen LogP contribution is -2.08. The first-order valence-corrected chi connectivity index (χ1v) is 10.8. The van der Waals surface area contributed by atoms with Gasteiger partial charge in [0.15, 0.2) is 6.10 Å². The van der Waals surface area contributed by atoms with Gasteiger partial charge in [-0.2, -0.15) is 5.10 Å². The van der Waals surface area contributed by atoms with Crippen LogP contribution in [0.5, 0.6) is 0 Å². The second kappa shape index (κ2) is 8.30. The maximum Gasteiger partial charge on any atom is 0.334 e. The van der Waals surface area contributed by atoms with Crippen LogP contribution in [0.4, 0.5) is 0 Å². The number of ether oxygens (including phenoxy) is 1. The Hall–Kier alpha value is -3.34. The van der Waals surface area contributed by atoms with Crippen LogP contribution in [0.15, 0.2) is 97.1 Å². The summed E-state index contributed by atoms with van der Waals surface area (Å²) < 4.78 is 7.60. The van der Waals surface area contributed by atoms with E-state index in [2.05, 4.69) is 6.58 Å². The molecule has 1 saturated heterocycles. The molecule has 0 N–H and O–H groups in total. The first-order chi connectivity index (χ1) is 15.5. The number of cyclic esters (lactones) is 1. The van der Waals surface area contributed by atoms with Gasteiger partial charge in [-0.1, -0.05) is 72.2 Å². The second-order valence-corrected chi connectivity index (χ2v) is 8.46. The lowest BCUT2D eigenvalue weighted by Gasteiger charge is -2.16. The summed E-state index contributed by atoms with van der Waals surface area (Å²) in [7, 11) is 0. The highest BCUT2D eigenvalue weighted by molar-refractivity contribution is 6.30. The van der Waals surface area contributed by atoms with Crippen LogP contribution in [-0.4, -0.2) is 15.7 Å². The van der Waals surface area contributed by atoms with Gasteiger partial charge in [-0.05, 0) is 48.0 Å². The number of para-hydroxylation sites is 1. The van der Waals surface area contributed by atoms with Gasteiger partial charge in [0.25, 0.3) is 0 Å². The molecule has 0 bridgehead atoms. The Labute approximate surface area is 195 Å². The van der Waals surface area contributed by atoms with E-state index in [4.69, 9.17) is 33.0 Å². The third-order valence-corrected chi connectivity index (χ3v) is 6.07. The number of carbonyl (C=O) groups excluding carboxylic acids is 1. The largest absolute Gasteiger partial charge is 0.451 e. The van der Waals surface area contributed by atoms with Crippen LogP contribution in [0, 0.1) is 0 Å². The molecule has 1 aliphatic rings. The van der Waals surface area contributed by atoms with E-state index < -0.39 is 12.1 Å². The smallest absolute Gasteiger partial charge is 0.334 e. The van der Waals surface area contributed by atoms with E-state index in [1.807, 2.05) is 77.5 Å². The Morgan fingerprint density at radius 2 is 1.50 bits per heavy atom. The molecule has 5 rings (SSSR count). The second-order valence-electron chi connectivity index (χ2n) is 7.59. The van der Waals surface area contributed by atoms with Crippen molar-refractivity contribution in [1.29, 1.82) is 0 Å². The minimum Gasteiger partial charge on any atom is -0.451 e. The number of hydrogen-bond acceptors (Lipinski definition) is 3. The topological polar surface area (TPSA) is 44.1 Å². The standard InChI is InChI=1S/C26H18Cl2N2O2/c1-16-24(18-9-13-20(28)14-10-18)25(32-26(16)31)22-15-23(17-7-11-19(27)12-8-17)30(29-22)21-5-3-2-4-6-21/h2-15,24-25H,1H2. The van der Waals surface area contributed by atoms with Gasteiger partial charge in [0.05, 0.1) is 17.3 Å². The highest BCUT2D eigenvalue weighted by Crippen LogP contribution is 2.45. The average Bonchev–Trinajstić information content (AvgIpc) is 3.37. The molecule has 1 aromatic heterocycles. The van der Waals surface area contributed by atoms with Crippen molar-refractivity contribution in [2.24, 2.45) is 0 Å². The molecule has 158 valence electrons. The molecule has 2 unspecified atom stereocenters. The Morgan fingerprint density at radius 3 is 2.16 bits per heavy atom. The van der Waals surface area contributed by atoms with E-state index in [0.29, 0.717) is 21.3 Å². The Balaban J connectivity index is 1.64. The first kappa shape index (κ1) is 20.6. The summed E-state index contributed by atoms with van der Waals surface area (Å²) in [6.07, 6.45) is -0.591. The molecule has 32 heavy (non-hydrogen) atoms. The Morgan fingerprint density at radius 1 is 0.875 bits per heavy atom. The summed E-state index contributed by atoms with van der Waals surface area (Å²) in [5.74, 6) is -0.769. The third kappa shape index (κ3) is 3.72. The molecule has 0 aliphatic carbocycles. The van der Waals surface area contributed by atoms with Gasteiger partial charge in [0.1, 0.15) is 5.69 Å². The highest BCUT2D eigenvalue weighted by atomic mass is 35.5. The van der Waals surface area contributed by atoms with Crippen molar-refractivity contribution in [3.05, 3.63) is 118 Å². The van der Waals surface area contributed by atoms with Crippen molar-refractivity contribution < 1.29 is 9.53 Å². The van der Waals surface area contributed by atoms with Gasteiger partial charge in [-0.25, -0.2) is 9.48 Å². The number of halogens is 2. The van der Waals surface area contributed by atoms with Gasteiger partial charge < -0.3 is 4.74 Å². The van der Waals surface area contributed by atoms with E-state index in [0.717, 1.165) is 22.5 Å². The molecule has 0 spiro atoms. The number of esters is 1. The van der Waals surface area contributed by atoms with E-state index >= 15 is 0 Å². The molecule has 2 heterocycles. The van der Waals surface area contributed by atoms with Gasteiger partial charge in [0, 0.05) is 21.2 Å². The first-order valence-electron chi connectivity index (χ1n) is 10.1. The van der Waals surface area contributed by atoms with Crippen LogP contribution >= 0.6 is 23.2 Å². The van der Waals surface area contributed by atoms with Crippen molar-refractivity contribution in [3.63, 3.8) is 0 Å². The van der Waals surface area contributed by atoms with Crippen LogP contribution in [0.1, 0.15) is 23.3 Å². The lowest BCUT2D eigenvalue weighted by molar-refractivity contribution is -0.139. The molecule has 3 aromatic carbocycles. The number of benzene rings is 3. The molecule has 4 aromatic rings. The number of hydrogen-bond donors (Lipinski definition) is 0. The minimum atomic E-state index is -0.591. The van der Waals surface area contributed by atoms with Crippen molar-refractivity contribution in [2.45, 2.75) is 12.0 Å². The van der Waals surface area contributed by atoms with E-state index in [1.54, 1.807) is 12.1 Å². The molecule has 1 fully saturated rings. The molecular formula is C26H18Cl2N2O2. The quantitative estimate of drug-likeness (QED) is 0.249. The number of rotatable bonds is 4. The highest BCUT2D eigenvalue weighted by Gasteiger charge is 2.42. The van der Waals surface area contributed by atoms with Crippen LogP contribution < -0.4 is 0 Å². The number of nitrogens with zero attached hydrogens (tertiary/aromatic N) is 2. The zero-order valence-electron chi connectivity index (χ0n) is 16.9. The molecule has 0 saturated carbocycles. The molecule has 6 heteroatoms. The zero-order valence-corrected chi connectivity index (χ0v) is 18.4. The third-order valence-electron chi connectivity index (χ3n) is 5.56. The van der Waals surface area contributed by atoms with E-state index in [9.17, 15) is 4.79 Å². The summed E-state index contributed by atoms with van der Waals surface area (Å²) in [5, 5.41) is 6.14. The van der Waals surface area contributed by atoms with Crippen LogP contribution in [0.3, 0.4) is 0 Å². The summed E-state index contributed by atoms with van der Waals surface area (Å²) in [4.78, 5) is 12.5. The van der Waals surface area contributed by atoms with Crippen molar-refractivity contribution in [2.75, 3.05) is 0 Å². The number of carbonyl (C=O) groups is 1.